The number of nitriles is 1. The lowest BCUT2D eigenvalue weighted by Gasteiger charge is -2.27. The molecule has 0 radical (unpaired) electrons. The highest BCUT2D eigenvalue weighted by molar-refractivity contribution is 8.13. The van der Waals surface area contributed by atoms with Gasteiger partial charge in [0.15, 0.2) is 11.4 Å². The third kappa shape index (κ3) is 3.50. The third-order valence-electron chi connectivity index (χ3n) is 2.84. The van der Waals surface area contributed by atoms with Gasteiger partial charge in [-0.2, -0.15) is 5.26 Å². The zero-order chi connectivity index (χ0) is 14.4. The number of amidine groups is 1. The minimum Gasteiger partial charge on any atom is -0.310 e. The summed E-state index contributed by atoms with van der Waals surface area (Å²) in [6, 6.07) is 7.40. The molecule has 1 fully saturated rings. The summed E-state index contributed by atoms with van der Waals surface area (Å²) in [7, 11) is 0. The first-order valence-electron chi connectivity index (χ1n) is 6.13. The fraction of sp³-hybridized carbons (Fsp3) is 0.308. The molecule has 20 heavy (non-hydrogen) atoms. The summed E-state index contributed by atoms with van der Waals surface area (Å²) in [5.74, 6) is 0.0726. The molecule has 1 aliphatic rings. The van der Waals surface area contributed by atoms with Gasteiger partial charge in [0, 0.05) is 18.8 Å². The standard InChI is InChI=1S/C13H15N5OS/c1-20-13(16-9-14)17-10-2-4-11(5-3-10)18-7-6-15-8-12(18)19/h2-5,15H,6-8H2,1H3,(H,16,17). The fourth-order valence-corrected chi connectivity index (χ4v) is 2.22. The number of nitrogens with zero attached hydrogens (tertiary/aromatic N) is 3. The topological polar surface area (TPSA) is 80.5 Å². The van der Waals surface area contributed by atoms with E-state index in [2.05, 4.69) is 15.6 Å². The van der Waals surface area contributed by atoms with Crippen molar-refractivity contribution in [2.75, 3.05) is 30.8 Å². The van der Waals surface area contributed by atoms with Crippen molar-refractivity contribution < 1.29 is 4.79 Å². The van der Waals surface area contributed by atoms with Crippen LogP contribution in [0.2, 0.25) is 0 Å². The predicted molar refractivity (Wildman–Crippen MR) is 81.0 cm³/mol. The molecule has 0 aromatic heterocycles. The second-order valence-electron chi connectivity index (χ2n) is 4.10. The number of hydrogen-bond acceptors (Lipinski definition) is 5. The molecule has 104 valence electrons. The van der Waals surface area contributed by atoms with Gasteiger partial charge in [0.25, 0.3) is 0 Å². The van der Waals surface area contributed by atoms with E-state index in [1.807, 2.05) is 36.7 Å². The minimum atomic E-state index is 0.0726. The number of aliphatic imine (C=N–C) groups is 1. The molecule has 7 heteroatoms. The number of carbonyl (C=O) groups excluding carboxylic acids is 1. The Balaban J connectivity index is 2.13. The molecule has 0 spiro atoms. The average Bonchev–Trinajstić information content (AvgIpc) is 2.48. The number of carbonyl (C=O) groups is 1. The summed E-state index contributed by atoms with van der Waals surface area (Å²) in [6.07, 6.45) is 3.69. The van der Waals surface area contributed by atoms with Gasteiger partial charge in [0.2, 0.25) is 5.91 Å². The highest BCUT2D eigenvalue weighted by atomic mass is 32.2. The van der Waals surface area contributed by atoms with E-state index in [0.717, 1.165) is 17.9 Å². The van der Waals surface area contributed by atoms with E-state index in [0.29, 0.717) is 18.3 Å². The Morgan fingerprint density at radius 1 is 1.50 bits per heavy atom. The van der Waals surface area contributed by atoms with Gasteiger partial charge in [-0.1, -0.05) is 11.8 Å². The van der Waals surface area contributed by atoms with Gasteiger partial charge in [0.1, 0.15) is 0 Å². The van der Waals surface area contributed by atoms with Gasteiger partial charge < -0.3 is 10.2 Å². The van der Waals surface area contributed by atoms with E-state index in [4.69, 9.17) is 5.26 Å². The predicted octanol–water partition coefficient (Wildman–Crippen LogP) is 1.04. The van der Waals surface area contributed by atoms with Crippen molar-refractivity contribution in [3.8, 4) is 6.19 Å². The maximum Gasteiger partial charge on any atom is 0.240 e. The zero-order valence-corrected chi connectivity index (χ0v) is 11.9. The Morgan fingerprint density at radius 3 is 2.85 bits per heavy atom. The lowest BCUT2D eigenvalue weighted by Crippen LogP contribution is -2.48. The van der Waals surface area contributed by atoms with Gasteiger partial charge in [-0.05, 0) is 30.5 Å². The third-order valence-corrected chi connectivity index (χ3v) is 3.42. The SMILES string of the molecule is CSC(=Nc1ccc(N2CCNCC2=O)cc1)NC#N. The van der Waals surface area contributed by atoms with E-state index < -0.39 is 0 Å². The van der Waals surface area contributed by atoms with Crippen molar-refractivity contribution in [1.82, 2.24) is 10.6 Å². The van der Waals surface area contributed by atoms with Crippen LogP contribution in [0.4, 0.5) is 11.4 Å². The first-order chi connectivity index (χ1) is 9.74. The summed E-state index contributed by atoms with van der Waals surface area (Å²) < 4.78 is 0. The van der Waals surface area contributed by atoms with Crippen molar-refractivity contribution in [1.29, 1.82) is 5.26 Å². The molecule has 1 heterocycles. The number of benzene rings is 1. The normalized spacial score (nSPS) is 15.9. The molecule has 6 nitrogen and oxygen atoms in total. The average molecular weight is 289 g/mol. The maximum atomic E-state index is 11.8. The maximum absolute atomic E-state index is 11.8. The molecule has 0 bridgehead atoms. The van der Waals surface area contributed by atoms with Crippen LogP contribution in [-0.4, -0.2) is 37.0 Å². The van der Waals surface area contributed by atoms with Gasteiger partial charge >= 0.3 is 0 Å². The lowest BCUT2D eigenvalue weighted by molar-refractivity contribution is -0.118. The van der Waals surface area contributed by atoms with Gasteiger partial charge in [-0.25, -0.2) is 4.99 Å². The Bertz CT molecular complexity index is 549. The first kappa shape index (κ1) is 14.4. The van der Waals surface area contributed by atoms with Crippen LogP contribution in [0.1, 0.15) is 0 Å². The number of hydrogen-bond donors (Lipinski definition) is 2. The number of amides is 1. The Hall–Kier alpha value is -2.04. The molecule has 1 amide bonds. The van der Waals surface area contributed by atoms with Crippen LogP contribution >= 0.6 is 11.8 Å². The number of rotatable bonds is 2. The molecule has 1 aromatic carbocycles. The van der Waals surface area contributed by atoms with Crippen LogP contribution in [-0.2, 0) is 4.79 Å². The Morgan fingerprint density at radius 2 is 2.25 bits per heavy atom. The number of anilines is 1. The first-order valence-corrected chi connectivity index (χ1v) is 7.36. The van der Waals surface area contributed by atoms with Crippen LogP contribution in [0.25, 0.3) is 0 Å². The van der Waals surface area contributed by atoms with Crippen LogP contribution < -0.4 is 15.5 Å². The zero-order valence-electron chi connectivity index (χ0n) is 11.1. The Kier molecular flexibility index (Phi) is 4.98. The molecule has 1 aromatic rings. The van der Waals surface area contributed by atoms with Crippen LogP contribution in [0.5, 0.6) is 0 Å². The second-order valence-corrected chi connectivity index (χ2v) is 4.89. The van der Waals surface area contributed by atoms with E-state index in [1.54, 1.807) is 4.90 Å². The molecule has 1 aliphatic heterocycles. The molecule has 0 atom stereocenters. The molecule has 2 N–H and O–H groups in total. The Labute approximate surface area is 121 Å². The molecule has 2 rings (SSSR count). The van der Waals surface area contributed by atoms with Crippen molar-refractivity contribution in [3.63, 3.8) is 0 Å². The number of piperazine rings is 1. The van der Waals surface area contributed by atoms with Crippen molar-refractivity contribution >= 4 is 34.2 Å². The monoisotopic (exact) mass is 289 g/mol. The summed E-state index contributed by atoms with van der Waals surface area (Å²) in [6.45, 7) is 1.85. The van der Waals surface area contributed by atoms with E-state index in [9.17, 15) is 4.79 Å². The molecular weight excluding hydrogens is 274 g/mol. The minimum absolute atomic E-state index is 0.0726. The van der Waals surface area contributed by atoms with Gasteiger partial charge in [-0.3, -0.25) is 10.1 Å². The summed E-state index contributed by atoms with van der Waals surface area (Å²) in [5.41, 5.74) is 1.61. The highest BCUT2D eigenvalue weighted by Gasteiger charge is 2.18. The molecule has 0 unspecified atom stereocenters. The molecule has 1 saturated heterocycles. The van der Waals surface area contributed by atoms with Crippen molar-refractivity contribution in [2.45, 2.75) is 0 Å². The van der Waals surface area contributed by atoms with Crippen LogP contribution in [0.15, 0.2) is 29.3 Å². The molecule has 0 aliphatic carbocycles. The summed E-state index contributed by atoms with van der Waals surface area (Å²) >= 11 is 1.37. The van der Waals surface area contributed by atoms with E-state index in [1.165, 1.54) is 11.8 Å². The van der Waals surface area contributed by atoms with Crippen LogP contribution in [0, 0.1) is 11.5 Å². The highest BCUT2D eigenvalue weighted by Crippen LogP contribution is 2.21. The lowest BCUT2D eigenvalue weighted by atomic mass is 10.2. The number of nitrogens with one attached hydrogen (secondary N) is 2. The van der Waals surface area contributed by atoms with Crippen molar-refractivity contribution in [3.05, 3.63) is 24.3 Å². The second kappa shape index (κ2) is 6.93. The van der Waals surface area contributed by atoms with E-state index >= 15 is 0 Å². The summed E-state index contributed by atoms with van der Waals surface area (Å²) in [4.78, 5) is 17.8. The van der Waals surface area contributed by atoms with Gasteiger partial charge in [0.05, 0.1) is 12.2 Å². The molecular formula is C13H15N5OS. The largest absolute Gasteiger partial charge is 0.310 e. The summed E-state index contributed by atoms with van der Waals surface area (Å²) in [5, 5.41) is 14.7. The smallest absolute Gasteiger partial charge is 0.240 e. The molecule has 0 saturated carbocycles. The van der Waals surface area contributed by atoms with Crippen LogP contribution in [0.3, 0.4) is 0 Å². The number of thioether (sulfide) groups is 1. The van der Waals surface area contributed by atoms with Gasteiger partial charge in [-0.15, -0.1) is 0 Å². The van der Waals surface area contributed by atoms with Crippen molar-refractivity contribution in [2.24, 2.45) is 4.99 Å². The van der Waals surface area contributed by atoms with E-state index in [-0.39, 0.29) is 5.91 Å². The fourth-order valence-electron chi connectivity index (χ4n) is 1.88. The quantitative estimate of drug-likeness (QED) is 0.368.